The van der Waals surface area contributed by atoms with Crippen LogP contribution in [0.15, 0.2) is 22.8 Å². The van der Waals surface area contributed by atoms with Crippen LogP contribution in [0, 0.1) is 0 Å². The molecule has 1 N–H and O–H groups in total. The number of ketones is 1. The Morgan fingerprint density at radius 2 is 2.31 bits per heavy atom. The van der Waals surface area contributed by atoms with Crippen LogP contribution in [0.1, 0.15) is 24.2 Å². The second-order valence-electron chi connectivity index (χ2n) is 3.43. The number of phenols is 1. The van der Waals surface area contributed by atoms with E-state index in [2.05, 4.69) is 0 Å². The zero-order valence-electron chi connectivity index (χ0n) is 9.11. The number of ether oxygens (including phenoxy) is 1. The third-order valence-corrected chi connectivity index (χ3v) is 2.34. The summed E-state index contributed by atoms with van der Waals surface area (Å²) in [7, 11) is 0. The smallest absolute Gasteiger partial charge is 0.205 e. The molecule has 0 amide bonds. The van der Waals surface area contributed by atoms with E-state index in [0.717, 1.165) is 5.39 Å². The molecule has 16 heavy (non-hydrogen) atoms. The fourth-order valence-electron chi connectivity index (χ4n) is 1.62. The Hall–Kier alpha value is -1.97. The molecule has 0 bridgehead atoms. The molecular weight excluding hydrogens is 208 g/mol. The molecule has 0 unspecified atom stereocenters. The van der Waals surface area contributed by atoms with Gasteiger partial charge in [0, 0.05) is 5.39 Å². The van der Waals surface area contributed by atoms with Crippen LogP contribution >= 0.6 is 0 Å². The van der Waals surface area contributed by atoms with E-state index in [9.17, 15) is 9.90 Å². The van der Waals surface area contributed by atoms with Crippen molar-refractivity contribution in [1.82, 2.24) is 0 Å². The number of Topliss-reactive ketones (excluding diaryl/α,β-unsaturated/α-hetero) is 1. The van der Waals surface area contributed by atoms with Crippen molar-refractivity contribution in [3.63, 3.8) is 0 Å². The molecular formula is C12H12O4. The molecule has 0 aliphatic rings. The summed E-state index contributed by atoms with van der Waals surface area (Å²) < 4.78 is 10.5. The topological polar surface area (TPSA) is 59.7 Å². The van der Waals surface area contributed by atoms with Crippen molar-refractivity contribution in [1.29, 1.82) is 0 Å². The number of furan rings is 1. The first-order valence-electron chi connectivity index (χ1n) is 5.02. The van der Waals surface area contributed by atoms with E-state index in [1.54, 1.807) is 19.1 Å². The molecule has 2 rings (SSSR count). The number of fused-ring (bicyclic) bond motifs is 1. The van der Waals surface area contributed by atoms with Gasteiger partial charge in [-0.05, 0) is 26.0 Å². The van der Waals surface area contributed by atoms with Crippen molar-refractivity contribution in [3.05, 3.63) is 24.0 Å². The van der Waals surface area contributed by atoms with E-state index in [4.69, 9.17) is 9.15 Å². The van der Waals surface area contributed by atoms with Gasteiger partial charge >= 0.3 is 0 Å². The summed E-state index contributed by atoms with van der Waals surface area (Å²) in [6.45, 7) is 3.59. The zero-order valence-corrected chi connectivity index (χ0v) is 9.11. The fraction of sp³-hybridized carbons (Fsp3) is 0.250. The molecule has 0 spiro atoms. The number of aromatic hydroxyl groups is 1. The molecule has 0 radical (unpaired) electrons. The predicted molar refractivity (Wildman–Crippen MR) is 59.1 cm³/mol. The first-order chi connectivity index (χ1) is 7.65. The zero-order chi connectivity index (χ0) is 11.7. The number of phenolic OH excluding ortho intramolecular Hbond substituents is 1. The van der Waals surface area contributed by atoms with Crippen LogP contribution in [0.2, 0.25) is 0 Å². The van der Waals surface area contributed by atoms with Gasteiger partial charge in [-0.1, -0.05) is 0 Å². The molecule has 1 heterocycles. The molecule has 1 aromatic heterocycles. The van der Waals surface area contributed by atoms with Gasteiger partial charge in [0.25, 0.3) is 0 Å². The minimum Gasteiger partial charge on any atom is -0.504 e. The molecule has 0 fully saturated rings. The van der Waals surface area contributed by atoms with Gasteiger partial charge in [-0.3, -0.25) is 4.79 Å². The molecule has 0 atom stereocenters. The molecule has 84 valence electrons. The third kappa shape index (κ3) is 1.52. The van der Waals surface area contributed by atoms with E-state index in [-0.39, 0.29) is 22.8 Å². The number of benzene rings is 1. The van der Waals surface area contributed by atoms with E-state index in [1.165, 1.54) is 13.2 Å². The Bertz CT molecular complexity index is 539. The normalized spacial score (nSPS) is 10.6. The average Bonchev–Trinajstić information content (AvgIpc) is 2.69. The van der Waals surface area contributed by atoms with Gasteiger partial charge in [-0.15, -0.1) is 0 Å². The van der Waals surface area contributed by atoms with Crippen LogP contribution in [0.3, 0.4) is 0 Å². The average molecular weight is 220 g/mol. The third-order valence-electron chi connectivity index (χ3n) is 2.34. The standard InChI is InChI=1S/C12H12O4/c1-3-15-12-10(14)9(7(2)13)6-8-4-5-16-11(8)12/h4-6,14H,3H2,1-2H3. The summed E-state index contributed by atoms with van der Waals surface area (Å²) in [4.78, 5) is 11.3. The first-order valence-corrected chi connectivity index (χ1v) is 5.02. The SMILES string of the molecule is CCOc1c(O)c(C(C)=O)cc2ccoc12. The number of hydrogen-bond acceptors (Lipinski definition) is 4. The lowest BCUT2D eigenvalue weighted by atomic mass is 10.1. The summed E-state index contributed by atoms with van der Waals surface area (Å²) in [5.41, 5.74) is 0.710. The van der Waals surface area contributed by atoms with Crippen LogP contribution in [0.4, 0.5) is 0 Å². The van der Waals surface area contributed by atoms with Gasteiger partial charge in [-0.2, -0.15) is 0 Å². The first kappa shape index (κ1) is 10.5. The van der Waals surface area contributed by atoms with Crippen molar-refractivity contribution in [2.24, 2.45) is 0 Å². The molecule has 0 saturated heterocycles. The van der Waals surface area contributed by atoms with Crippen molar-refractivity contribution < 1.29 is 19.1 Å². The van der Waals surface area contributed by atoms with Crippen molar-refractivity contribution >= 4 is 16.8 Å². The van der Waals surface area contributed by atoms with Gasteiger partial charge in [-0.25, -0.2) is 0 Å². The van der Waals surface area contributed by atoms with Crippen LogP contribution in [0.25, 0.3) is 11.0 Å². The highest BCUT2D eigenvalue weighted by atomic mass is 16.5. The predicted octanol–water partition coefficient (Wildman–Crippen LogP) is 2.74. The Kier molecular flexibility index (Phi) is 2.56. The highest BCUT2D eigenvalue weighted by Crippen LogP contribution is 2.38. The Morgan fingerprint density at radius 1 is 1.56 bits per heavy atom. The highest BCUT2D eigenvalue weighted by Gasteiger charge is 2.18. The van der Waals surface area contributed by atoms with Gasteiger partial charge in [0.15, 0.2) is 17.1 Å². The van der Waals surface area contributed by atoms with Crippen molar-refractivity contribution in [2.45, 2.75) is 13.8 Å². The van der Waals surface area contributed by atoms with Crippen molar-refractivity contribution in [2.75, 3.05) is 6.61 Å². The van der Waals surface area contributed by atoms with E-state index >= 15 is 0 Å². The summed E-state index contributed by atoms with van der Waals surface area (Å²) >= 11 is 0. The Balaban J connectivity index is 2.75. The molecule has 4 nitrogen and oxygen atoms in total. The summed E-state index contributed by atoms with van der Waals surface area (Å²) in [6, 6.07) is 3.32. The highest BCUT2D eigenvalue weighted by molar-refractivity contribution is 6.03. The second kappa shape index (κ2) is 3.89. The maximum Gasteiger partial charge on any atom is 0.205 e. The minimum atomic E-state index is -0.207. The Morgan fingerprint density at radius 3 is 2.94 bits per heavy atom. The molecule has 2 aromatic rings. The molecule has 4 heteroatoms. The number of hydrogen-bond donors (Lipinski definition) is 1. The number of carbonyl (C=O) groups excluding carboxylic acids is 1. The quantitative estimate of drug-likeness (QED) is 0.808. The van der Waals surface area contributed by atoms with Crippen molar-refractivity contribution in [3.8, 4) is 11.5 Å². The Labute approximate surface area is 92.4 Å². The monoisotopic (exact) mass is 220 g/mol. The maximum atomic E-state index is 11.3. The minimum absolute atomic E-state index is 0.156. The summed E-state index contributed by atoms with van der Waals surface area (Å²) in [5.74, 6) is -0.131. The van der Waals surface area contributed by atoms with Crippen LogP contribution in [0.5, 0.6) is 11.5 Å². The van der Waals surface area contributed by atoms with Gasteiger partial charge in [0.1, 0.15) is 0 Å². The van der Waals surface area contributed by atoms with Gasteiger partial charge in [0.05, 0.1) is 18.4 Å². The van der Waals surface area contributed by atoms with Crippen LogP contribution in [-0.4, -0.2) is 17.5 Å². The molecule has 0 saturated carbocycles. The lowest BCUT2D eigenvalue weighted by molar-refractivity contribution is 0.101. The lowest BCUT2D eigenvalue weighted by Gasteiger charge is -2.09. The van der Waals surface area contributed by atoms with Gasteiger partial charge in [0.2, 0.25) is 5.75 Å². The van der Waals surface area contributed by atoms with Crippen LogP contribution < -0.4 is 4.74 Å². The largest absolute Gasteiger partial charge is 0.504 e. The molecule has 0 aliphatic carbocycles. The fourth-order valence-corrected chi connectivity index (χ4v) is 1.62. The second-order valence-corrected chi connectivity index (χ2v) is 3.43. The summed E-state index contributed by atoms with van der Waals surface area (Å²) in [5, 5.41) is 10.6. The van der Waals surface area contributed by atoms with E-state index in [1.807, 2.05) is 0 Å². The van der Waals surface area contributed by atoms with E-state index < -0.39 is 0 Å². The number of rotatable bonds is 3. The molecule has 1 aromatic carbocycles. The number of carbonyl (C=O) groups is 1. The molecule has 0 aliphatic heterocycles. The van der Waals surface area contributed by atoms with Gasteiger partial charge < -0.3 is 14.3 Å². The van der Waals surface area contributed by atoms with E-state index in [0.29, 0.717) is 12.2 Å². The van der Waals surface area contributed by atoms with Crippen LogP contribution in [-0.2, 0) is 0 Å². The lowest BCUT2D eigenvalue weighted by Crippen LogP contribution is -1.98. The summed E-state index contributed by atoms with van der Waals surface area (Å²) in [6.07, 6.45) is 1.50. The maximum absolute atomic E-state index is 11.3.